The molecule has 1 aromatic carbocycles. The molecule has 2 aromatic rings. The van der Waals surface area contributed by atoms with Crippen molar-refractivity contribution in [2.75, 3.05) is 6.61 Å². The molecule has 21 heavy (non-hydrogen) atoms. The third-order valence-electron chi connectivity index (χ3n) is 3.22. The van der Waals surface area contributed by atoms with Gasteiger partial charge in [0.1, 0.15) is 6.26 Å². The number of nitrogens with one attached hydrogen (secondary N) is 1. The zero-order chi connectivity index (χ0) is 15.3. The van der Waals surface area contributed by atoms with Crippen LogP contribution < -0.4 is 5.32 Å². The summed E-state index contributed by atoms with van der Waals surface area (Å²) >= 11 is 0. The molecule has 0 saturated heterocycles. The van der Waals surface area contributed by atoms with E-state index in [-0.39, 0.29) is 18.1 Å². The van der Waals surface area contributed by atoms with Crippen LogP contribution in [-0.2, 0) is 6.54 Å². The van der Waals surface area contributed by atoms with Crippen LogP contribution in [0.5, 0.6) is 0 Å². The first-order valence-corrected chi connectivity index (χ1v) is 7.32. The summed E-state index contributed by atoms with van der Waals surface area (Å²) in [5.41, 5.74) is 2.00. The Morgan fingerprint density at radius 2 is 1.95 bits per heavy atom. The van der Waals surface area contributed by atoms with Gasteiger partial charge in [-0.1, -0.05) is 39.0 Å². The van der Waals surface area contributed by atoms with E-state index in [9.17, 15) is 5.11 Å². The molecule has 2 N–H and O–H groups in total. The molecular weight excluding hydrogens is 264 g/mol. The summed E-state index contributed by atoms with van der Waals surface area (Å²) in [7, 11) is 0. The lowest BCUT2D eigenvalue weighted by molar-refractivity contribution is 0.197. The van der Waals surface area contributed by atoms with Crippen molar-refractivity contribution < 1.29 is 9.52 Å². The smallest absolute Gasteiger partial charge is 0.226 e. The van der Waals surface area contributed by atoms with Crippen molar-refractivity contribution >= 4 is 0 Å². The van der Waals surface area contributed by atoms with Crippen LogP contribution in [0.15, 0.2) is 41.0 Å². The maximum atomic E-state index is 9.44. The third-order valence-corrected chi connectivity index (χ3v) is 3.22. The van der Waals surface area contributed by atoms with E-state index in [1.807, 2.05) is 30.3 Å². The predicted octanol–water partition coefficient (Wildman–Crippen LogP) is 3.23. The highest BCUT2D eigenvalue weighted by Crippen LogP contribution is 2.21. The Morgan fingerprint density at radius 3 is 2.57 bits per heavy atom. The molecule has 0 amide bonds. The van der Waals surface area contributed by atoms with Crippen LogP contribution in [0.4, 0.5) is 0 Å². The van der Waals surface area contributed by atoms with Crippen LogP contribution in [0.3, 0.4) is 0 Å². The Labute approximate surface area is 126 Å². The molecule has 4 nitrogen and oxygen atoms in total. The highest BCUT2D eigenvalue weighted by atomic mass is 16.3. The molecule has 4 heteroatoms. The molecule has 1 heterocycles. The first-order chi connectivity index (χ1) is 9.98. The first-order valence-electron chi connectivity index (χ1n) is 7.32. The zero-order valence-corrected chi connectivity index (χ0v) is 13.0. The number of nitrogens with zero attached hydrogens (tertiary/aromatic N) is 1. The average molecular weight is 288 g/mol. The van der Waals surface area contributed by atoms with Crippen LogP contribution in [0.1, 0.15) is 32.9 Å². The van der Waals surface area contributed by atoms with E-state index in [0.29, 0.717) is 12.4 Å². The number of benzene rings is 1. The first kappa shape index (κ1) is 15.7. The van der Waals surface area contributed by atoms with Crippen molar-refractivity contribution in [3.8, 4) is 11.5 Å². The van der Waals surface area contributed by atoms with Gasteiger partial charge in [0.25, 0.3) is 0 Å². The molecule has 0 saturated carbocycles. The van der Waals surface area contributed by atoms with Gasteiger partial charge in [-0.3, -0.25) is 0 Å². The van der Waals surface area contributed by atoms with Crippen LogP contribution in [0.25, 0.3) is 11.5 Å². The van der Waals surface area contributed by atoms with E-state index < -0.39 is 0 Å². The van der Waals surface area contributed by atoms with Gasteiger partial charge in [-0.05, 0) is 24.0 Å². The largest absolute Gasteiger partial charge is 0.444 e. The summed E-state index contributed by atoms with van der Waals surface area (Å²) in [6, 6.07) is 9.90. The third kappa shape index (κ3) is 4.99. The van der Waals surface area contributed by atoms with Crippen molar-refractivity contribution in [1.82, 2.24) is 10.3 Å². The summed E-state index contributed by atoms with van der Waals surface area (Å²) in [6.45, 7) is 7.22. The van der Waals surface area contributed by atoms with Gasteiger partial charge in [0.15, 0.2) is 0 Å². The van der Waals surface area contributed by atoms with Gasteiger partial charge in [0.05, 0.1) is 12.3 Å². The van der Waals surface area contributed by atoms with Crippen molar-refractivity contribution in [1.29, 1.82) is 0 Å². The van der Waals surface area contributed by atoms with E-state index in [0.717, 1.165) is 17.7 Å². The Hall–Kier alpha value is -1.65. The topological polar surface area (TPSA) is 58.3 Å². The number of rotatable bonds is 6. The molecule has 1 unspecified atom stereocenters. The Kier molecular flexibility index (Phi) is 5.15. The fraction of sp³-hybridized carbons (Fsp3) is 0.471. The monoisotopic (exact) mass is 288 g/mol. The minimum atomic E-state index is 0.0712. The zero-order valence-electron chi connectivity index (χ0n) is 13.0. The highest BCUT2D eigenvalue weighted by molar-refractivity contribution is 5.52. The molecule has 0 aliphatic heterocycles. The molecule has 0 spiro atoms. The van der Waals surface area contributed by atoms with E-state index >= 15 is 0 Å². The molecule has 0 aliphatic carbocycles. The molecule has 2 rings (SSSR count). The lowest BCUT2D eigenvalue weighted by atomic mass is 9.88. The second-order valence-corrected chi connectivity index (χ2v) is 6.54. The summed E-state index contributed by atoms with van der Waals surface area (Å²) in [4.78, 5) is 4.47. The van der Waals surface area contributed by atoms with Gasteiger partial charge in [-0.15, -0.1) is 0 Å². The molecular formula is C17H24N2O2. The van der Waals surface area contributed by atoms with Gasteiger partial charge in [0, 0.05) is 18.2 Å². The summed E-state index contributed by atoms with van der Waals surface area (Å²) < 4.78 is 5.50. The number of aliphatic hydroxyl groups is 1. The summed E-state index contributed by atoms with van der Waals surface area (Å²) in [5, 5.41) is 12.8. The van der Waals surface area contributed by atoms with Gasteiger partial charge >= 0.3 is 0 Å². The minimum absolute atomic E-state index is 0.0712. The fourth-order valence-electron chi connectivity index (χ4n) is 2.29. The van der Waals surface area contributed by atoms with Crippen LogP contribution in [0.2, 0.25) is 0 Å². The lowest BCUT2D eigenvalue weighted by Crippen LogP contribution is -2.35. The maximum Gasteiger partial charge on any atom is 0.226 e. The van der Waals surface area contributed by atoms with E-state index in [4.69, 9.17) is 4.42 Å². The maximum absolute atomic E-state index is 9.44. The van der Waals surface area contributed by atoms with Crippen molar-refractivity contribution in [3.63, 3.8) is 0 Å². The number of oxazole rings is 1. The summed E-state index contributed by atoms with van der Waals surface area (Å²) in [5.74, 6) is 0.628. The highest BCUT2D eigenvalue weighted by Gasteiger charge is 2.18. The minimum Gasteiger partial charge on any atom is -0.444 e. The Morgan fingerprint density at radius 1 is 1.24 bits per heavy atom. The predicted molar refractivity (Wildman–Crippen MR) is 83.7 cm³/mol. The quantitative estimate of drug-likeness (QED) is 0.857. The van der Waals surface area contributed by atoms with Crippen molar-refractivity contribution in [3.05, 3.63) is 42.3 Å². The van der Waals surface area contributed by atoms with Gasteiger partial charge in [-0.2, -0.15) is 0 Å². The average Bonchev–Trinajstić information content (AvgIpc) is 2.92. The molecule has 0 radical (unpaired) electrons. The van der Waals surface area contributed by atoms with Gasteiger partial charge in [0.2, 0.25) is 5.89 Å². The molecule has 0 bridgehead atoms. The Bertz CT molecular complexity index is 543. The fourth-order valence-corrected chi connectivity index (χ4v) is 2.29. The molecule has 114 valence electrons. The van der Waals surface area contributed by atoms with E-state index in [1.54, 1.807) is 6.26 Å². The SMILES string of the molecule is CC(C)(C)CC(CO)NCc1coc(-c2ccccc2)n1. The number of hydrogen-bond donors (Lipinski definition) is 2. The van der Waals surface area contributed by atoms with E-state index in [2.05, 4.69) is 31.1 Å². The number of aliphatic hydroxyl groups excluding tert-OH is 1. The van der Waals surface area contributed by atoms with Crippen LogP contribution >= 0.6 is 0 Å². The van der Waals surface area contributed by atoms with Gasteiger partial charge in [-0.25, -0.2) is 4.98 Å². The van der Waals surface area contributed by atoms with Crippen molar-refractivity contribution in [2.45, 2.75) is 39.8 Å². The summed E-state index contributed by atoms with van der Waals surface area (Å²) in [6.07, 6.45) is 2.58. The molecule has 0 fully saturated rings. The van der Waals surface area contributed by atoms with Crippen LogP contribution in [-0.4, -0.2) is 22.7 Å². The lowest BCUT2D eigenvalue weighted by Gasteiger charge is -2.25. The number of aromatic nitrogens is 1. The molecule has 0 aliphatic rings. The van der Waals surface area contributed by atoms with Gasteiger partial charge < -0.3 is 14.8 Å². The molecule has 1 aromatic heterocycles. The second kappa shape index (κ2) is 6.87. The number of hydrogen-bond acceptors (Lipinski definition) is 4. The Balaban J connectivity index is 1.94. The standard InChI is InChI=1S/C17H24N2O2/c1-17(2,3)9-14(11-20)18-10-15-12-21-16(19-15)13-7-5-4-6-8-13/h4-8,12,14,18,20H,9-11H2,1-3H3. The second-order valence-electron chi connectivity index (χ2n) is 6.54. The van der Waals surface area contributed by atoms with Crippen molar-refractivity contribution in [2.24, 2.45) is 5.41 Å². The van der Waals surface area contributed by atoms with Crippen LogP contribution in [0, 0.1) is 5.41 Å². The van der Waals surface area contributed by atoms with E-state index in [1.165, 1.54) is 0 Å². The molecule has 1 atom stereocenters. The normalized spacial score (nSPS) is 13.3.